The number of aryl methyl sites for hydroxylation is 1. The minimum absolute atomic E-state index is 0.158. The van der Waals surface area contributed by atoms with Crippen LogP contribution in [0.1, 0.15) is 12.2 Å². The second-order valence-corrected chi connectivity index (χ2v) is 5.20. The average molecular weight is 315 g/mol. The summed E-state index contributed by atoms with van der Waals surface area (Å²) in [5.74, 6) is -0.499. The minimum atomic E-state index is -0.517. The molecule has 0 aliphatic heterocycles. The van der Waals surface area contributed by atoms with Crippen LogP contribution in [0.3, 0.4) is 0 Å². The van der Waals surface area contributed by atoms with Crippen LogP contribution in [0.5, 0.6) is 0 Å². The number of benzene rings is 2. The summed E-state index contributed by atoms with van der Waals surface area (Å²) in [6.07, 6.45) is 1.10. The molecule has 0 fully saturated rings. The van der Waals surface area contributed by atoms with Crippen molar-refractivity contribution in [2.75, 3.05) is 6.54 Å². The highest BCUT2D eigenvalue weighted by Gasteiger charge is 2.13. The number of hydrogen-bond acceptors (Lipinski definition) is 3. The van der Waals surface area contributed by atoms with Gasteiger partial charge in [-0.25, -0.2) is 13.8 Å². The van der Waals surface area contributed by atoms with E-state index in [1.54, 1.807) is 6.07 Å². The summed E-state index contributed by atoms with van der Waals surface area (Å²) in [6, 6.07) is 9.54. The minimum Gasteiger partial charge on any atom is -0.330 e. The summed E-state index contributed by atoms with van der Waals surface area (Å²) in [5, 5.41) is 0.158. The molecule has 6 heteroatoms. The summed E-state index contributed by atoms with van der Waals surface area (Å²) < 4.78 is 28.3. The molecule has 0 unspecified atom stereocenters. The third-order valence-corrected chi connectivity index (χ3v) is 3.57. The molecule has 0 atom stereocenters. The second-order valence-electron chi connectivity index (χ2n) is 5.20. The van der Waals surface area contributed by atoms with Crippen LogP contribution in [0, 0.1) is 11.6 Å². The Morgan fingerprint density at radius 1 is 1.09 bits per heavy atom. The lowest BCUT2D eigenvalue weighted by Crippen LogP contribution is -2.24. The predicted molar refractivity (Wildman–Crippen MR) is 84.6 cm³/mol. The first kappa shape index (κ1) is 15.3. The van der Waals surface area contributed by atoms with Crippen molar-refractivity contribution in [2.45, 2.75) is 12.8 Å². The summed E-state index contributed by atoms with van der Waals surface area (Å²) in [4.78, 5) is 17.2. The van der Waals surface area contributed by atoms with Crippen LogP contribution >= 0.6 is 0 Å². The second kappa shape index (κ2) is 6.26. The van der Waals surface area contributed by atoms with Crippen molar-refractivity contribution in [1.29, 1.82) is 0 Å². The van der Waals surface area contributed by atoms with Gasteiger partial charge in [-0.3, -0.25) is 9.36 Å². The highest BCUT2D eigenvalue weighted by Crippen LogP contribution is 2.16. The molecule has 0 saturated heterocycles. The number of rotatable bonds is 4. The van der Waals surface area contributed by atoms with E-state index in [1.165, 1.54) is 34.9 Å². The number of fused-ring (bicyclic) bond motifs is 1. The fourth-order valence-corrected chi connectivity index (χ4v) is 2.51. The molecule has 1 aromatic heterocycles. The zero-order valence-electron chi connectivity index (χ0n) is 12.3. The molecule has 0 spiro atoms. The Morgan fingerprint density at radius 3 is 2.61 bits per heavy atom. The van der Waals surface area contributed by atoms with Crippen molar-refractivity contribution in [3.05, 3.63) is 70.3 Å². The van der Waals surface area contributed by atoms with Gasteiger partial charge in [0.05, 0.1) is 16.6 Å². The molecule has 3 rings (SSSR count). The van der Waals surface area contributed by atoms with Gasteiger partial charge < -0.3 is 5.73 Å². The number of aromatic nitrogens is 2. The summed E-state index contributed by atoms with van der Waals surface area (Å²) in [5.41, 5.74) is 5.89. The molecular formula is C17H15F2N3O. The summed E-state index contributed by atoms with van der Waals surface area (Å²) in [6.45, 7) is 0.445. The van der Waals surface area contributed by atoms with E-state index < -0.39 is 17.2 Å². The van der Waals surface area contributed by atoms with Crippen LogP contribution in [0.2, 0.25) is 0 Å². The molecule has 118 valence electrons. The Kier molecular flexibility index (Phi) is 4.16. The van der Waals surface area contributed by atoms with Crippen molar-refractivity contribution in [3.8, 4) is 5.69 Å². The van der Waals surface area contributed by atoms with Crippen molar-refractivity contribution < 1.29 is 8.78 Å². The monoisotopic (exact) mass is 315 g/mol. The van der Waals surface area contributed by atoms with Gasteiger partial charge in [-0.2, -0.15) is 0 Å². The fraction of sp³-hybridized carbons (Fsp3) is 0.176. The zero-order chi connectivity index (χ0) is 16.4. The lowest BCUT2D eigenvalue weighted by Gasteiger charge is -2.13. The van der Waals surface area contributed by atoms with E-state index >= 15 is 0 Å². The maximum Gasteiger partial charge on any atom is 0.266 e. The van der Waals surface area contributed by atoms with E-state index in [4.69, 9.17) is 5.73 Å². The Hall–Kier alpha value is -2.60. The van der Waals surface area contributed by atoms with Gasteiger partial charge in [-0.05, 0) is 49.4 Å². The Labute approximate surface area is 131 Å². The van der Waals surface area contributed by atoms with E-state index in [0.717, 1.165) is 6.07 Å². The van der Waals surface area contributed by atoms with Crippen LogP contribution in [0.25, 0.3) is 16.6 Å². The van der Waals surface area contributed by atoms with Crippen LogP contribution in [0.15, 0.2) is 47.3 Å². The Bertz CT molecular complexity index is 921. The summed E-state index contributed by atoms with van der Waals surface area (Å²) in [7, 11) is 0. The maximum absolute atomic E-state index is 13.5. The SMILES string of the molecule is NCCCc1nc2ccc(F)cc2c(=O)n1-c1cccc(F)c1. The average Bonchev–Trinajstić information content (AvgIpc) is 2.53. The molecule has 1 heterocycles. The van der Waals surface area contributed by atoms with Gasteiger partial charge in [0.15, 0.2) is 0 Å². The fourth-order valence-electron chi connectivity index (χ4n) is 2.51. The molecular weight excluding hydrogens is 300 g/mol. The number of nitrogens with zero attached hydrogens (tertiary/aromatic N) is 2. The molecule has 0 aliphatic rings. The smallest absolute Gasteiger partial charge is 0.266 e. The first-order valence-corrected chi connectivity index (χ1v) is 7.27. The molecule has 3 aromatic rings. The standard InChI is InChI=1S/C17H15F2N3O/c18-11-3-1-4-13(9-11)22-16(5-2-8-20)21-15-7-6-12(19)10-14(15)17(22)23/h1,3-4,6-7,9-10H,2,5,8,20H2. The molecule has 2 aromatic carbocycles. The van der Waals surface area contributed by atoms with Crippen molar-refractivity contribution in [1.82, 2.24) is 9.55 Å². The molecule has 0 amide bonds. The van der Waals surface area contributed by atoms with E-state index in [0.29, 0.717) is 36.4 Å². The van der Waals surface area contributed by atoms with E-state index in [9.17, 15) is 13.6 Å². The topological polar surface area (TPSA) is 60.9 Å². The van der Waals surface area contributed by atoms with Crippen molar-refractivity contribution in [2.24, 2.45) is 5.73 Å². The van der Waals surface area contributed by atoms with Crippen molar-refractivity contribution >= 4 is 10.9 Å². The van der Waals surface area contributed by atoms with Crippen molar-refractivity contribution in [3.63, 3.8) is 0 Å². The van der Waals surface area contributed by atoms with Gasteiger partial charge in [-0.15, -0.1) is 0 Å². The Morgan fingerprint density at radius 2 is 1.87 bits per heavy atom. The molecule has 2 N–H and O–H groups in total. The molecule has 4 nitrogen and oxygen atoms in total. The van der Waals surface area contributed by atoms with Gasteiger partial charge in [0.2, 0.25) is 0 Å². The summed E-state index contributed by atoms with van der Waals surface area (Å²) >= 11 is 0. The number of hydrogen-bond donors (Lipinski definition) is 1. The third kappa shape index (κ3) is 2.98. The van der Waals surface area contributed by atoms with Gasteiger partial charge in [-0.1, -0.05) is 6.07 Å². The number of nitrogens with two attached hydrogens (primary N) is 1. The van der Waals surface area contributed by atoms with Gasteiger partial charge in [0.1, 0.15) is 17.5 Å². The van der Waals surface area contributed by atoms with E-state index in [1.807, 2.05) is 0 Å². The normalized spacial score (nSPS) is 11.1. The molecule has 0 radical (unpaired) electrons. The first-order valence-electron chi connectivity index (χ1n) is 7.27. The lowest BCUT2D eigenvalue weighted by molar-refractivity contribution is 0.624. The first-order chi connectivity index (χ1) is 11.1. The third-order valence-electron chi connectivity index (χ3n) is 3.57. The molecule has 23 heavy (non-hydrogen) atoms. The van der Waals surface area contributed by atoms with Gasteiger partial charge in [0.25, 0.3) is 5.56 Å². The molecule has 0 saturated carbocycles. The quantitative estimate of drug-likeness (QED) is 0.805. The Balaban J connectivity index is 2.31. The largest absolute Gasteiger partial charge is 0.330 e. The highest BCUT2D eigenvalue weighted by atomic mass is 19.1. The molecule has 0 bridgehead atoms. The van der Waals surface area contributed by atoms with Crippen LogP contribution in [0.4, 0.5) is 8.78 Å². The zero-order valence-corrected chi connectivity index (χ0v) is 12.3. The van der Waals surface area contributed by atoms with Gasteiger partial charge in [0, 0.05) is 6.42 Å². The van der Waals surface area contributed by atoms with Gasteiger partial charge >= 0.3 is 0 Å². The predicted octanol–water partition coefficient (Wildman–Crippen LogP) is 2.56. The van der Waals surface area contributed by atoms with Crippen LogP contribution < -0.4 is 11.3 Å². The highest BCUT2D eigenvalue weighted by molar-refractivity contribution is 5.78. The lowest BCUT2D eigenvalue weighted by atomic mass is 10.2. The van der Waals surface area contributed by atoms with E-state index in [-0.39, 0.29) is 5.39 Å². The maximum atomic E-state index is 13.5. The molecule has 0 aliphatic carbocycles. The van der Waals surface area contributed by atoms with E-state index in [2.05, 4.69) is 4.98 Å². The van der Waals surface area contributed by atoms with Crippen LogP contribution in [-0.4, -0.2) is 16.1 Å². The number of halogens is 2. The van der Waals surface area contributed by atoms with Crippen LogP contribution in [-0.2, 0) is 6.42 Å².